The highest BCUT2D eigenvalue weighted by Crippen LogP contribution is 2.44. The van der Waals surface area contributed by atoms with Gasteiger partial charge in [-0.05, 0) is 41.0 Å². The van der Waals surface area contributed by atoms with Crippen molar-refractivity contribution in [2.24, 2.45) is 11.8 Å². The van der Waals surface area contributed by atoms with Crippen molar-refractivity contribution in [2.75, 3.05) is 19.7 Å². The molecule has 0 aliphatic heterocycles. The van der Waals surface area contributed by atoms with E-state index in [0.717, 1.165) is 11.1 Å². The summed E-state index contributed by atoms with van der Waals surface area (Å²) >= 11 is 0. The van der Waals surface area contributed by atoms with Gasteiger partial charge < -0.3 is 20.1 Å². The van der Waals surface area contributed by atoms with E-state index in [4.69, 9.17) is 4.74 Å². The SMILES string of the molecule is CC(C)CN(CC(=O)O)C(=O)[C@@H]1CC=C[C@@H](NC(=O)OCC2c3ccccc3-c3ccccc32)C1. The highest BCUT2D eigenvalue weighted by molar-refractivity contribution is 5.83. The quantitative estimate of drug-likeness (QED) is 0.550. The maximum Gasteiger partial charge on any atom is 0.407 e. The Bertz CT molecular complexity index is 1080. The molecule has 0 aromatic heterocycles. The first-order valence-corrected chi connectivity index (χ1v) is 12.1. The lowest BCUT2D eigenvalue weighted by atomic mass is 9.89. The van der Waals surface area contributed by atoms with E-state index >= 15 is 0 Å². The second-order valence-electron chi connectivity index (χ2n) is 9.68. The Morgan fingerprint density at radius 1 is 1.06 bits per heavy atom. The van der Waals surface area contributed by atoms with Crippen molar-refractivity contribution in [1.82, 2.24) is 10.2 Å². The number of nitrogens with zero attached hydrogens (tertiary/aromatic N) is 1. The summed E-state index contributed by atoms with van der Waals surface area (Å²) in [5.74, 6) is -1.46. The lowest BCUT2D eigenvalue weighted by Crippen LogP contribution is -2.45. The van der Waals surface area contributed by atoms with Crippen LogP contribution in [0.1, 0.15) is 43.7 Å². The number of hydrogen-bond acceptors (Lipinski definition) is 4. The number of allylic oxidation sites excluding steroid dienone is 1. The van der Waals surface area contributed by atoms with Crippen molar-refractivity contribution in [1.29, 1.82) is 0 Å². The molecular weight excluding hydrogens is 444 g/mol. The molecule has 2 atom stereocenters. The molecule has 2 amide bonds. The van der Waals surface area contributed by atoms with Crippen LogP contribution in [0, 0.1) is 11.8 Å². The average Bonchev–Trinajstić information content (AvgIpc) is 3.15. The van der Waals surface area contributed by atoms with Gasteiger partial charge in [-0.1, -0.05) is 74.5 Å². The minimum atomic E-state index is -1.03. The summed E-state index contributed by atoms with van der Waals surface area (Å²) < 4.78 is 5.63. The Labute approximate surface area is 205 Å². The van der Waals surface area contributed by atoms with Gasteiger partial charge in [-0.25, -0.2) is 4.79 Å². The molecule has 0 fully saturated rings. The number of amides is 2. The molecule has 2 aliphatic rings. The number of hydrogen-bond donors (Lipinski definition) is 2. The zero-order valence-electron chi connectivity index (χ0n) is 20.1. The topological polar surface area (TPSA) is 95.9 Å². The molecule has 0 radical (unpaired) electrons. The summed E-state index contributed by atoms with van der Waals surface area (Å²) in [6.45, 7) is 4.19. The molecule has 2 N–H and O–H groups in total. The number of nitrogens with one attached hydrogen (secondary N) is 1. The number of carboxylic acids is 1. The molecule has 2 aromatic carbocycles. The number of aliphatic carboxylic acids is 1. The van der Waals surface area contributed by atoms with Crippen LogP contribution in [-0.4, -0.2) is 53.7 Å². The summed E-state index contributed by atoms with van der Waals surface area (Å²) in [7, 11) is 0. The molecule has 0 saturated heterocycles. The largest absolute Gasteiger partial charge is 0.480 e. The maximum atomic E-state index is 13.0. The fourth-order valence-corrected chi connectivity index (χ4v) is 5.08. The number of carboxylic acid groups (broad SMARTS) is 1. The number of carbonyl (C=O) groups excluding carboxylic acids is 2. The number of benzene rings is 2. The Morgan fingerprint density at radius 2 is 1.69 bits per heavy atom. The van der Waals surface area contributed by atoms with Crippen molar-refractivity contribution in [3.63, 3.8) is 0 Å². The van der Waals surface area contributed by atoms with E-state index in [1.54, 1.807) is 0 Å². The zero-order valence-corrected chi connectivity index (χ0v) is 20.1. The van der Waals surface area contributed by atoms with E-state index in [-0.39, 0.29) is 42.9 Å². The summed E-state index contributed by atoms with van der Waals surface area (Å²) in [6, 6.07) is 16.0. The second kappa shape index (κ2) is 10.8. The summed E-state index contributed by atoms with van der Waals surface area (Å²) in [5.41, 5.74) is 4.63. The fourth-order valence-electron chi connectivity index (χ4n) is 5.08. The first-order chi connectivity index (χ1) is 16.8. The smallest absolute Gasteiger partial charge is 0.407 e. The van der Waals surface area contributed by atoms with Crippen molar-refractivity contribution in [3.05, 3.63) is 71.8 Å². The maximum absolute atomic E-state index is 13.0. The van der Waals surface area contributed by atoms with E-state index in [0.29, 0.717) is 19.4 Å². The third-order valence-electron chi connectivity index (χ3n) is 6.55. The molecule has 0 heterocycles. The third kappa shape index (κ3) is 5.73. The van der Waals surface area contributed by atoms with Crippen LogP contribution in [0.3, 0.4) is 0 Å². The van der Waals surface area contributed by atoms with Crippen molar-refractivity contribution in [3.8, 4) is 11.1 Å². The van der Waals surface area contributed by atoms with E-state index in [9.17, 15) is 19.5 Å². The van der Waals surface area contributed by atoms with Crippen molar-refractivity contribution >= 4 is 18.0 Å². The predicted molar refractivity (Wildman–Crippen MR) is 133 cm³/mol. The molecule has 35 heavy (non-hydrogen) atoms. The van der Waals surface area contributed by atoms with Crippen molar-refractivity contribution in [2.45, 2.75) is 38.6 Å². The lowest BCUT2D eigenvalue weighted by molar-refractivity contribution is -0.146. The van der Waals surface area contributed by atoms with Crippen LogP contribution in [0.4, 0.5) is 4.79 Å². The Kier molecular flexibility index (Phi) is 7.54. The number of ether oxygens (including phenoxy) is 1. The van der Waals surface area contributed by atoms with Gasteiger partial charge >= 0.3 is 12.1 Å². The van der Waals surface area contributed by atoms with Gasteiger partial charge in [0.2, 0.25) is 5.91 Å². The Balaban J connectivity index is 1.35. The molecule has 2 aliphatic carbocycles. The predicted octanol–water partition coefficient (Wildman–Crippen LogP) is 4.43. The van der Waals surface area contributed by atoms with Gasteiger partial charge in [-0.3, -0.25) is 9.59 Å². The number of rotatable bonds is 8. The number of carbonyl (C=O) groups is 3. The van der Waals surface area contributed by atoms with E-state index < -0.39 is 12.1 Å². The van der Waals surface area contributed by atoms with Gasteiger partial charge in [0.15, 0.2) is 0 Å². The standard InChI is InChI=1S/C28H32N2O5/c1-18(2)15-30(16-26(31)32)27(33)19-8-7-9-20(14-19)29-28(34)35-17-25-23-12-5-3-10-21(23)22-11-4-6-13-24(22)25/h3-7,9-13,18-20,25H,8,14-17H2,1-2H3,(H,29,34)(H,31,32)/t19-,20-/m1/s1. The normalized spacial score (nSPS) is 18.6. The minimum Gasteiger partial charge on any atom is -0.480 e. The molecule has 7 heteroatoms. The van der Waals surface area contributed by atoms with Crippen LogP contribution in [-0.2, 0) is 14.3 Å². The highest BCUT2D eigenvalue weighted by atomic mass is 16.5. The molecule has 0 spiro atoms. The molecule has 7 nitrogen and oxygen atoms in total. The van der Waals surface area contributed by atoms with Crippen LogP contribution in [0.25, 0.3) is 11.1 Å². The molecule has 4 rings (SSSR count). The zero-order chi connectivity index (χ0) is 24.9. The monoisotopic (exact) mass is 476 g/mol. The van der Waals surface area contributed by atoms with Crippen LogP contribution < -0.4 is 5.32 Å². The van der Waals surface area contributed by atoms with Gasteiger partial charge in [0.25, 0.3) is 0 Å². The third-order valence-corrected chi connectivity index (χ3v) is 6.55. The minimum absolute atomic E-state index is 0.0232. The average molecular weight is 477 g/mol. The fraction of sp³-hybridized carbons (Fsp3) is 0.393. The molecule has 0 bridgehead atoms. The molecule has 0 saturated carbocycles. The Hall–Kier alpha value is -3.61. The van der Waals surface area contributed by atoms with Crippen LogP contribution in [0.5, 0.6) is 0 Å². The van der Waals surface area contributed by atoms with Crippen LogP contribution >= 0.6 is 0 Å². The van der Waals surface area contributed by atoms with Crippen molar-refractivity contribution < 1.29 is 24.2 Å². The van der Waals surface area contributed by atoms with Crippen LogP contribution in [0.15, 0.2) is 60.7 Å². The van der Waals surface area contributed by atoms with E-state index in [1.165, 1.54) is 16.0 Å². The van der Waals surface area contributed by atoms with E-state index in [1.807, 2.05) is 50.3 Å². The van der Waals surface area contributed by atoms with Gasteiger partial charge in [0.1, 0.15) is 13.2 Å². The molecule has 0 unspecified atom stereocenters. The van der Waals surface area contributed by atoms with Gasteiger partial charge in [0, 0.05) is 18.4 Å². The summed E-state index contributed by atoms with van der Waals surface area (Å²) in [4.78, 5) is 38.3. The highest BCUT2D eigenvalue weighted by Gasteiger charge is 2.31. The van der Waals surface area contributed by atoms with Gasteiger partial charge in [0.05, 0.1) is 6.04 Å². The van der Waals surface area contributed by atoms with Gasteiger partial charge in [-0.15, -0.1) is 0 Å². The molecule has 184 valence electrons. The Morgan fingerprint density at radius 3 is 2.29 bits per heavy atom. The van der Waals surface area contributed by atoms with Gasteiger partial charge in [-0.2, -0.15) is 0 Å². The first kappa shape index (κ1) is 24.5. The molecular formula is C28H32N2O5. The molecule has 2 aromatic rings. The number of fused-ring (bicyclic) bond motifs is 3. The second-order valence-corrected chi connectivity index (χ2v) is 9.68. The number of alkyl carbamates (subject to hydrolysis) is 1. The summed E-state index contributed by atoms with van der Waals surface area (Å²) in [6.07, 6.45) is 4.15. The lowest BCUT2D eigenvalue weighted by Gasteiger charge is -2.30. The first-order valence-electron chi connectivity index (χ1n) is 12.1. The summed E-state index contributed by atoms with van der Waals surface area (Å²) in [5, 5.41) is 12.1. The van der Waals surface area contributed by atoms with E-state index in [2.05, 4.69) is 29.6 Å². The van der Waals surface area contributed by atoms with Crippen LogP contribution in [0.2, 0.25) is 0 Å².